The molecule has 0 aromatic rings. The van der Waals surface area contributed by atoms with Crippen molar-refractivity contribution < 1.29 is 9.59 Å². The van der Waals surface area contributed by atoms with Gasteiger partial charge in [-0.25, -0.2) is 4.79 Å². The Morgan fingerprint density at radius 2 is 1.96 bits per heavy atom. The van der Waals surface area contributed by atoms with Crippen molar-refractivity contribution in [1.29, 1.82) is 0 Å². The fourth-order valence-electron chi connectivity index (χ4n) is 4.65. The Labute approximate surface area is 162 Å². The van der Waals surface area contributed by atoms with E-state index in [1.54, 1.807) is 0 Å². The van der Waals surface area contributed by atoms with Gasteiger partial charge in [-0.2, -0.15) is 0 Å². The highest BCUT2D eigenvalue weighted by atomic mass is 16.2. The predicted molar refractivity (Wildman–Crippen MR) is 106 cm³/mol. The number of piperidine rings is 2. The molecule has 0 aliphatic carbocycles. The van der Waals surface area contributed by atoms with E-state index in [9.17, 15) is 9.59 Å². The molecule has 3 fully saturated rings. The molecule has 0 radical (unpaired) electrons. The van der Waals surface area contributed by atoms with Gasteiger partial charge in [0, 0.05) is 39.3 Å². The molecule has 0 spiro atoms. The predicted octanol–water partition coefficient (Wildman–Crippen LogP) is 0.746. The molecule has 3 aliphatic rings. The van der Waals surface area contributed by atoms with Crippen LogP contribution in [0.25, 0.3) is 0 Å². The number of nitrogens with one attached hydrogen (secondary N) is 3. The number of hydrogen-bond donors (Lipinski definition) is 3. The maximum atomic E-state index is 12.1. The third kappa shape index (κ3) is 4.36. The van der Waals surface area contributed by atoms with Crippen molar-refractivity contribution in [2.24, 2.45) is 10.9 Å². The molecular formula is C19H34N6O2. The van der Waals surface area contributed by atoms with Gasteiger partial charge in [-0.05, 0) is 52.0 Å². The Bertz CT molecular complexity index is 587. The maximum Gasteiger partial charge on any atom is 0.322 e. The lowest BCUT2D eigenvalue weighted by molar-refractivity contribution is -0.125. The van der Waals surface area contributed by atoms with Crippen LogP contribution in [0.2, 0.25) is 0 Å². The number of carbonyl (C=O) groups is 2. The van der Waals surface area contributed by atoms with Gasteiger partial charge in [-0.15, -0.1) is 0 Å². The lowest BCUT2D eigenvalue weighted by Gasteiger charge is -2.40. The molecule has 27 heavy (non-hydrogen) atoms. The number of urea groups is 1. The van der Waals surface area contributed by atoms with Crippen LogP contribution in [0.15, 0.2) is 4.99 Å². The van der Waals surface area contributed by atoms with E-state index in [0.717, 1.165) is 45.0 Å². The summed E-state index contributed by atoms with van der Waals surface area (Å²) < 4.78 is 0. The van der Waals surface area contributed by atoms with Gasteiger partial charge in [0.1, 0.15) is 5.54 Å². The summed E-state index contributed by atoms with van der Waals surface area (Å²) >= 11 is 0. The number of nitrogens with zero attached hydrogens (tertiary/aromatic N) is 3. The van der Waals surface area contributed by atoms with E-state index < -0.39 is 5.54 Å². The first kappa shape index (κ1) is 19.9. The standard InChI is InChI=1S/C19H34N6O2/c1-14-6-4-5-10-24(14)13-9-21-17(20-3)25-11-7-15(8-12-25)19(2)16(26)22-18(27)23-19/h14-15H,4-13H2,1-3H3,(H,20,21)(H2,22,23,26,27). The third-order valence-corrected chi connectivity index (χ3v) is 6.52. The lowest BCUT2D eigenvalue weighted by Crippen LogP contribution is -2.55. The third-order valence-electron chi connectivity index (χ3n) is 6.52. The van der Waals surface area contributed by atoms with Crippen LogP contribution in [0.1, 0.15) is 46.0 Å². The minimum absolute atomic E-state index is 0.146. The van der Waals surface area contributed by atoms with Crippen LogP contribution in [-0.4, -0.2) is 79.0 Å². The summed E-state index contributed by atoms with van der Waals surface area (Å²) in [6.45, 7) is 8.96. The topological polar surface area (TPSA) is 89.1 Å². The van der Waals surface area contributed by atoms with Gasteiger partial charge in [-0.3, -0.25) is 20.0 Å². The van der Waals surface area contributed by atoms with Crippen molar-refractivity contribution in [2.45, 2.75) is 57.5 Å². The van der Waals surface area contributed by atoms with Crippen molar-refractivity contribution in [3.63, 3.8) is 0 Å². The highest BCUT2D eigenvalue weighted by Gasteiger charge is 2.48. The molecule has 0 bridgehead atoms. The molecule has 8 nitrogen and oxygen atoms in total. The molecule has 3 saturated heterocycles. The highest BCUT2D eigenvalue weighted by molar-refractivity contribution is 6.07. The number of hydrogen-bond acceptors (Lipinski definition) is 4. The first-order valence-corrected chi connectivity index (χ1v) is 10.3. The summed E-state index contributed by atoms with van der Waals surface area (Å²) in [5.41, 5.74) is -0.787. The fraction of sp³-hybridized carbons (Fsp3) is 0.842. The zero-order valence-corrected chi connectivity index (χ0v) is 16.9. The summed E-state index contributed by atoms with van der Waals surface area (Å²) in [4.78, 5) is 32.9. The van der Waals surface area contributed by atoms with Crippen LogP contribution in [0.4, 0.5) is 4.79 Å². The molecule has 3 N–H and O–H groups in total. The van der Waals surface area contributed by atoms with E-state index in [0.29, 0.717) is 6.04 Å². The van der Waals surface area contributed by atoms with Gasteiger partial charge in [-0.1, -0.05) is 6.42 Å². The van der Waals surface area contributed by atoms with Gasteiger partial charge >= 0.3 is 6.03 Å². The summed E-state index contributed by atoms with van der Waals surface area (Å²) in [5, 5.41) is 8.68. The van der Waals surface area contributed by atoms with E-state index in [2.05, 4.69) is 37.7 Å². The van der Waals surface area contributed by atoms with E-state index in [1.807, 2.05) is 14.0 Å². The van der Waals surface area contributed by atoms with Gasteiger partial charge in [0.05, 0.1) is 0 Å². The van der Waals surface area contributed by atoms with E-state index in [1.165, 1.54) is 25.8 Å². The molecule has 0 aromatic heterocycles. The van der Waals surface area contributed by atoms with Crippen molar-refractivity contribution >= 4 is 17.9 Å². The van der Waals surface area contributed by atoms with Crippen LogP contribution in [-0.2, 0) is 4.79 Å². The molecule has 2 atom stereocenters. The maximum absolute atomic E-state index is 12.1. The van der Waals surface area contributed by atoms with E-state index in [-0.39, 0.29) is 17.9 Å². The number of imide groups is 1. The Hall–Kier alpha value is -1.83. The van der Waals surface area contributed by atoms with Crippen LogP contribution in [0, 0.1) is 5.92 Å². The number of amides is 3. The quantitative estimate of drug-likeness (QED) is 0.382. The fourth-order valence-corrected chi connectivity index (χ4v) is 4.65. The first-order chi connectivity index (χ1) is 12.9. The second-order valence-corrected chi connectivity index (χ2v) is 8.23. The monoisotopic (exact) mass is 378 g/mol. The van der Waals surface area contributed by atoms with Crippen molar-refractivity contribution in [1.82, 2.24) is 25.8 Å². The van der Waals surface area contributed by atoms with Crippen molar-refractivity contribution in [2.75, 3.05) is 39.8 Å². The normalized spacial score (nSPS) is 31.0. The molecular weight excluding hydrogens is 344 g/mol. The second-order valence-electron chi connectivity index (χ2n) is 8.23. The van der Waals surface area contributed by atoms with Crippen LogP contribution in [0.3, 0.4) is 0 Å². The molecule has 2 unspecified atom stereocenters. The van der Waals surface area contributed by atoms with E-state index in [4.69, 9.17) is 0 Å². The zero-order valence-electron chi connectivity index (χ0n) is 16.9. The number of aliphatic imine (C=N–C) groups is 1. The van der Waals surface area contributed by atoms with Gasteiger partial charge < -0.3 is 15.5 Å². The highest BCUT2D eigenvalue weighted by Crippen LogP contribution is 2.30. The molecule has 8 heteroatoms. The average Bonchev–Trinajstić information content (AvgIpc) is 2.93. The number of rotatable bonds is 4. The smallest absolute Gasteiger partial charge is 0.322 e. The van der Waals surface area contributed by atoms with Gasteiger partial charge in [0.2, 0.25) is 0 Å². The van der Waals surface area contributed by atoms with Crippen molar-refractivity contribution in [3.05, 3.63) is 0 Å². The first-order valence-electron chi connectivity index (χ1n) is 10.3. The number of carbonyl (C=O) groups excluding carboxylic acids is 2. The SMILES string of the molecule is CN=C(NCCN1CCCCC1C)N1CCC(C2(C)NC(=O)NC2=O)CC1. The molecule has 3 rings (SSSR count). The number of guanidine groups is 1. The molecule has 3 amide bonds. The molecule has 0 saturated carbocycles. The molecule has 3 heterocycles. The molecule has 3 aliphatic heterocycles. The lowest BCUT2D eigenvalue weighted by atomic mass is 9.79. The summed E-state index contributed by atoms with van der Waals surface area (Å²) in [5.74, 6) is 0.875. The number of likely N-dealkylation sites (tertiary alicyclic amines) is 2. The Morgan fingerprint density at radius 1 is 1.22 bits per heavy atom. The minimum atomic E-state index is -0.787. The largest absolute Gasteiger partial charge is 0.355 e. The van der Waals surface area contributed by atoms with Gasteiger partial charge in [0.15, 0.2) is 5.96 Å². The Morgan fingerprint density at radius 3 is 2.56 bits per heavy atom. The van der Waals surface area contributed by atoms with Crippen LogP contribution >= 0.6 is 0 Å². The summed E-state index contributed by atoms with van der Waals surface area (Å²) in [6.07, 6.45) is 5.65. The molecule has 152 valence electrons. The second kappa shape index (κ2) is 8.46. The zero-order chi connectivity index (χ0) is 19.4. The summed E-state index contributed by atoms with van der Waals surface area (Å²) in [7, 11) is 1.82. The Kier molecular flexibility index (Phi) is 6.24. The van der Waals surface area contributed by atoms with Crippen LogP contribution in [0.5, 0.6) is 0 Å². The minimum Gasteiger partial charge on any atom is -0.355 e. The molecule has 0 aromatic carbocycles. The van der Waals surface area contributed by atoms with Crippen LogP contribution < -0.4 is 16.0 Å². The summed E-state index contributed by atoms with van der Waals surface area (Å²) in [6, 6.07) is 0.293. The Balaban J connectivity index is 1.46. The van der Waals surface area contributed by atoms with Crippen molar-refractivity contribution in [3.8, 4) is 0 Å². The van der Waals surface area contributed by atoms with Gasteiger partial charge in [0.25, 0.3) is 5.91 Å². The average molecular weight is 379 g/mol. The van der Waals surface area contributed by atoms with E-state index >= 15 is 0 Å².